The number of hydrogen-bond donors (Lipinski definition) is 0. The molecule has 1 fully saturated rings. The topological polar surface area (TPSA) is 73.0 Å². The Kier molecular flexibility index (Phi) is 4.35. The zero-order valence-corrected chi connectivity index (χ0v) is 14.2. The molecule has 0 bridgehead atoms. The average Bonchev–Trinajstić information content (AvgIpc) is 3.23. The lowest BCUT2D eigenvalue weighted by Gasteiger charge is -2.33. The van der Waals surface area contributed by atoms with Crippen LogP contribution in [0, 0.1) is 0 Å². The molecule has 132 valence electrons. The number of para-hydroxylation sites is 1. The number of amides is 1. The van der Waals surface area contributed by atoms with Crippen molar-refractivity contribution >= 4 is 5.91 Å². The van der Waals surface area contributed by atoms with E-state index in [-0.39, 0.29) is 23.2 Å². The fourth-order valence-corrected chi connectivity index (χ4v) is 3.31. The zero-order valence-electron chi connectivity index (χ0n) is 14.2. The molecule has 26 heavy (non-hydrogen) atoms. The van der Waals surface area contributed by atoms with Crippen molar-refractivity contribution < 1.29 is 4.79 Å². The monoisotopic (exact) mass is 349 g/mol. The highest BCUT2D eigenvalue weighted by Gasteiger charge is 2.26. The molecule has 0 spiro atoms. The van der Waals surface area contributed by atoms with Crippen molar-refractivity contribution in [1.29, 1.82) is 0 Å². The van der Waals surface area contributed by atoms with E-state index in [2.05, 4.69) is 10.1 Å². The third kappa shape index (κ3) is 3.15. The van der Waals surface area contributed by atoms with E-state index in [1.54, 1.807) is 29.6 Å². The summed E-state index contributed by atoms with van der Waals surface area (Å²) in [6, 6.07) is 12.2. The van der Waals surface area contributed by atoms with E-state index < -0.39 is 0 Å². The summed E-state index contributed by atoms with van der Waals surface area (Å²) in [5.41, 5.74) is 0.657. The predicted molar refractivity (Wildman–Crippen MR) is 96.2 cm³/mol. The number of aromatic nitrogens is 4. The maximum absolute atomic E-state index is 12.9. The van der Waals surface area contributed by atoms with Crippen molar-refractivity contribution in [3.8, 4) is 5.69 Å². The van der Waals surface area contributed by atoms with E-state index in [1.807, 2.05) is 29.0 Å². The van der Waals surface area contributed by atoms with Crippen molar-refractivity contribution in [2.75, 3.05) is 13.1 Å². The lowest BCUT2D eigenvalue weighted by atomic mass is 10.1. The first kappa shape index (κ1) is 16.3. The maximum Gasteiger partial charge on any atom is 0.274 e. The van der Waals surface area contributed by atoms with Crippen molar-refractivity contribution in [2.24, 2.45) is 0 Å². The summed E-state index contributed by atoms with van der Waals surface area (Å²) in [4.78, 5) is 31.0. The van der Waals surface area contributed by atoms with Crippen LogP contribution in [0.2, 0.25) is 0 Å². The minimum absolute atomic E-state index is 0.153. The van der Waals surface area contributed by atoms with Crippen molar-refractivity contribution in [3.05, 3.63) is 77.2 Å². The van der Waals surface area contributed by atoms with Crippen LogP contribution in [0.3, 0.4) is 0 Å². The molecule has 2 aromatic heterocycles. The minimum Gasteiger partial charge on any atom is -0.335 e. The SMILES string of the molecule is O=C(c1ccc(=O)n(-c2ccccc2)n1)N1CCCC(n2ccnc2)C1. The summed E-state index contributed by atoms with van der Waals surface area (Å²) in [7, 11) is 0. The van der Waals surface area contributed by atoms with Gasteiger partial charge in [-0.05, 0) is 31.0 Å². The molecule has 0 saturated carbocycles. The molecule has 0 aliphatic carbocycles. The molecule has 1 atom stereocenters. The van der Waals surface area contributed by atoms with Crippen molar-refractivity contribution in [2.45, 2.75) is 18.9 Å². The van der Waals surface area contributed by atoms with E-state index in [4.69, 9.17) is 0 Å². The first-order valence-corrected chi connectivity index (χ1v) is 8.65. The number of piperidine rings is 1. The van der Waals surface area contributed by atoms with E-state index in [1.165, 1.54) is 16.8 Å². The highest BCUT2D eigenvalue weighted by atomic mass is 16.2. The van der Waals surface area contributed by atoms with Gasteiger partial charge in [-0.15, -0.1) is 0 Å². The van der Waals surface area contributed by atoms with Crippen molar-refractivity contribution in [3.63, 3.8) is 0 Å². The Morgan fingerprint density at radius 3 is 2.73 bits per heavy atom. The van der Waals surface area contributed by atoms with Gasteiger partial charge < -0.3 is 9.47 Å². The van der Waals surface area contributed by atoms with Crippen LogP contribution in [0.4, 0.5) is 0 Å². The summed E-state index contributed by atoms with van der Waals surface area (Å²) < 4.78 is 3.31. The number of carbonyl (C=O) groups excluding carboxylic acids is 1. The lowest BCUT2D eigenvalue weighted by Crippen LogP contribution is -2.41. The molecule has 1 aliphatic heterocycles. The standard InChI is InChI=1S/C19H19N5O2/c25-18-9-8-17(21-24(18)15-5-2-1-3-6-15)19(26)22-11-4-7-16(13-22)23-12-10-20-14-23/h1-3,5-6,8-10,12,14,16H,4,7,11,13H2. The summed E-state index contributed by atoms with van der Waals surface area (Å²) >= 11 is 0. The minimum atomic E-state index is -0.261. The highest BCUT2D eigenvalue weighted by molar-refractivity contribution is 5.92. The normalized spacial score (nSPS) is 17.2. The number of nitrogens with zero attached hydrogens (tertiary/aromatic N) is 5. The van der Waals surface area contributed by atoms with E-state index in [0.29, 0.717) is 18.8 Å². The van der Waals surface area contributed by atoms with Gasteiger partial charge in [-0.2, -0.15) is 9.78 Å². The van der Waals surface area contributed by atoms with E-state index in [9.17, 15) is 9.59 Å². The Balaban J connectivity index is 1.59. The molecule has 0 N–H and O–H groups in total. The Labute approximate surface area is 150 Å². The maximum atomic E-state index is 12.9. The van der Waals surface area contributed by atoms with E-state index in [0.717, 1.165) is 12.8 Å². The Morgan fingerprint density at radius 2 is 1.96 bits per heavy atom. The van der Waals surface area contributed by atoms with Gasteiger partial charge in [-0.25, -0.2) is 4.98 Å². The lowest BCUT2D eigenvalue weighted by molar-refractivity contribution is 0.0671. The predicted octanol–water partition coefficient (Wildman–Crippen LogP) is 1.91. The molecule has 1 unspecified atom stereocenters. The number of benzene rings is 1. The van der Waals surface area contributed by atoms with Crippen LogP contribution in [0.5, 0.6) is 0 Å². The smallest absolute Gasteiger partial charge is 0.274 e. The van der Waals surface area contributed by atoms with Crippen LogP contribution in [0.15, 0.2) is 66.0 Å². The van der Waals surface area contributed by atoms with Gasteiger partial charge >= 0.3 is 0 Å². The number of imidazole rings is 1. The number of rotatable bonds is 3. The molecular weight excluding hydrogens is 330 g/mol. The van der Waals surface area contributed by atoms with Gasteiger partial charge in [-0.3, -0.25) is 9.59 Å². The van der Waals surface area contributed by atoms with Gasteiger partial charge in [0.25, 0.3) is 11.5 Å². The second-order valence-corrected chi connectivity index (χ2v) is 6.36. The van der Waals surface area contributed by atoms with Crippen LogP contribution >= 0.6 is 0 Å². The second-order valence-electron chi connectivity index (χ2n) is 6.36. The largest absolute Gasteiger partial charge is 0.335 e. The molecule has 3 heterocycles. The molecule has 7 nitrogen and oxygen atoms in total. The molecule has 1 aromatic carbocycles. The van der Waals surface area contributed by atoms with Gasteiger partial charge in [0.2, 0.25) is 0 Å². The third-order valence-electron chi connectivity index (χ3n) is 4.65. The fraction of sp³-hybridized carbons (Fsp3) is 0.263. The average molecular weight is 349 g/mol. The van der Waals surface area contributed by atoms with Gasteiger partial charge in [0, 0.05) is 31.5 Å². The quantitative estimate of drug-likeness (QED) is 0.724. The Morgan fingerprint density at radius 1 is 1.12 bits per heavy atom. The first-order chi connectivity index (χ1) is 12.7. The van der Waals surface area contributed by atoms with Crippen LogP contribution in [0.1, 0.15) is 29.4 Å². The third-order valence-corrected chi connectivity index (χ3v) is 4.65. The van der Waals surface area contributed by atoms with Gasteiger partial charge in [-0.1, -0.05) is 18.2 Å². The number of likely N-dealkylation sites (tertiary alicyclic amines) is 1. The van der Waals surface area contributed by atoms with Gasteiger partial charge in [0.15, 0.2) is 0 Å². The summed E-state index contributed by atoms with van der Waals surface area (Å²) in [5, 5.41) is 4.30. The first-order valence-electron chi connectivity index (χ1n) is 8.65. The summed E-state index contributed by atoms with van der Waals surface area (Å²) in [5.74, 6) is -0.153. The second kappa shape index (κ2) is 6.95. The number of carbonyl (C=O) groups is 1. The Hall–Kier alpha value is -3.22. The van der Waals surface area contributed by atoms with Gasteiger partial charge in [0.1, 0.15) is 5.69 Å². The van der Waals surface area contributed by atoms with Crippen LogP contribution in [-0.4, -0.2) is 43.2 Å². The molecule has 1 aliphatic rings. The molecule has 1 amide bonds. The molecule has 3 aromatic rings. The molecule has 4 rings (SSSR count). The zero-order chi connectivity index (χ0) is 17.9. The molecule has 1 saturated heterocycles. The molecular formula is C19H19N5O2. The summed E-state index contributed by atoms with van der Waals surface area (Å²) in [6.45, 7) is 1.30. The molecule has 7 heteroatoms. The van der Waals surface area contributed by atoms with Crippen LogP contribution in [0.25, 0.3) is 5.69 Å². The van der Waals surface area contributed by atoms with Crippen LogP contribution in [-0.2, 0) is 0 Å². The number of hydrogen-bond acceptors (Lipinski definition) is 4. The summed E-state index contributed by atoms with van der Waals surface area (Å²) in [6.07, 6.45) is 7.39. The van der Waals surface area contributed by atoms with Crippen molar-refractivity contribution in [1.82, 2.24) is 24.2 Å². The fourth-order valence-electron chi connectivity index (χ4n) is 3.31. The van der Waals surface area contributed by atoms with Gasteiger partial charge in [0.05, 0.1) is 18.1 Å². The molecule has 0 radical (unpaired) electrons. The Bertz CT molecular complexity index is 950. The van der Waals surface area contributed by atoms with Crippen LogP contribution < -0.4 is 5.56 Å². The highest BCUT2D eigenvalue weighted by Crippen LogP contribution is 2.22. The van der Waals surface area contributed by atoms with E-state index >= 15 is 0 Å².